The Labute approximate surface area is 191 Å². The van der Waals surface area contributed by atoms with Gasteiger partial charge in [0.15, 0.2) is 0 Å². The molecule has 2 aromatic rings. The Morgan fingerprint density at radius 1 is 1.03 bits per heavy atom. The largest absolute Gasteiger partial charge is 0.491 e. The summed E-state index contributed by atoms with van der Waals surface area (Å²) in [5.74, 6) is 0.322. The molecule has 0 aliphatic carbocycles. The molecule has 2 saturated heterocycles. The molecule has 0 radical (unpaired) electrons. The maximum absolute atomic E-state index is 12.3. The number of para-hydroxylation sites is 2. The number of imide groups is 1. The topological polar surface area (TPSA) is 76.2 Å². The molecule has 7 nitrogen and oxygen atoms in total. The van der Waals surface area contributed by atoms with Crippen molar-refractivity contribution in [3.63, 3.8) is 0 Å². The number of hydrogen-bond donors (Lipinski definition) is 0. The van der Waals surface area contributed by atoms with Gasteiger partial charge in [-0.2, -0.15) is 0 Å². The maximum atomic E-state index is 12.3. The van der Waals surface area contributed by atoms with E-state index in [1.165, 1.54) is 0 Å². The lowest BCUT2D eigenvalue weighted by molar-refractivity contribution is -0.113. The third kappa shape index (κ3) is 4.96. The summed E-state index contributed by atoms with van der Waals surface area (Å²) in [7, 11) is 0. The monoisotopic (exact) mass is 452 g/mol. The summed E-state index contributed by atoms with van der Waals surface area (Å²) in [6.07, 6.45) is 1.27. The smallest absolute Gasteiger partial charge is 0.410 e. The third-order valence-electron chi connectivity index (χ3n) is 5.49. The molecule has 0 saturated carbocycles. The highest BCUT2D eigenvalue weighted by Gasteiger charge is 2.36. The number of anilines is 1. The first-order chi connectivity index (χ1) is 15.5. The van der Waals surface area contributed by atoms with Crippen molar-refractivity contribution in [3.05, 3.63) is 71.6 Å². The zero-order valence-corrected chi connectivity index (χ0v) is 18.4. The predicted molar refractivity (Wildman–Crippen MR) is 122 cm³/mol. The summed E-state index contributed by atoms with van der Waals surface area (Å²) in [5.41, 5.74) is 1.38. The molecule has 0 atom stereocenters. The third-order valence-corrected chi connectivity index (χ3v) is 6.27. The summed E-state index contributed by atoms with van der Waals surface area (Å²) >= 11 is 0.830. The van der Waals surface area contributed by atoms with E-state index in [9.17, 15) is 14.4 Å². The van der Waals surface area contributed by atoms with E-state index in [1.54, 1.807) is 29.2 Å². The van der Waals surface area contributed by atoms with Crippen molar-refractivity contribution in [2.24, 2.45) is 5.92 Å². The zero-order chi connectivity index (χ0) is 22.5. The van der Waals surface area contributed by atoms with Gasteiger partial charge < -0.3 is 14.4 Å². The van der Waals surface area contributed by atoms with Crippen molar-refractivity contribution in [1.29, 1.82) is 0 Å². The number of benzene rings is 2. The van der Waals surface area contributed by atoms with Gasteiger partial charge in [-0.3, -0.25) is 9.59 Å². The lowest BCUT2D eigenvalue weighted by Crippen LogP contribution is -2.40. The highest BCUT2D eigenvalue weighted by Crippen LogP contribution is 2.38. The van der Waals surface area contributed by atoms with Gasteiger partial charge in [0.1, 0.15) is 12.4 Å². The first-order valence-corrected chi connectivity index (χ1v) is 11.3. The molecule has 2 heterocycles. The average Bonchev–Trinajstić information content (AvgIpc) is 3.08. The number of thioether (sulfide) groups is 1. The number of hydrogen-bond acceptors (Lipinski definition) is 6. The van der Waals surface area contributed by atoms with Crippen LogP contribution in [0.2, 0.25) is 0 Å². The second-order valence-corrected chi connectivity index (χ2v) is 8.73. The van der Waals surface area contributed by atoms with Gasteiger partial charge in [-0.25, -0.2) is 9.69 Å². The average molecular weight is 453 g/mol. The molecule has 2 aliphatic heterocycles. The number of amides is 3. The van der Waals surface area contributed by atoms with Crippen LogP contribution in [0.15, 0.2) is 66.1 Å². The number of nitrogens with zero attached hydrogens (tertiary/aromatic N) is 2. The normalized spacial score (nSPS) is 17.1. The Bertz CT molecular complexity index is 1020. The maximum Gasteiger partial charge on any atom is 0.410 e. The molecular weight excluding hydrogens is 428 g/mol. The lowest BCUT2D eigenvalue weighted by atomic mass is 9.98. The molecule has 0 N–H and O–H groups in total. The second-order valence-electron chi connectivity index (χ2n) is 7.68. The van der Waals surface area contributed by atoms with Gasteiger partial charge >= 0.3 is 6.09 Å². The lowest BCUT2D eigenvalue weighted by Gasteiger charge is -2.31. The first kappa shape index (κ1) is 22.0. The fourth-order valence-electron chi connectivity index (χ4n) is 3.67. The number of piperidine rings is 1. The molecule has 8 heteroatoms. The number of carbonyl (C=O) groups excluding carboxylic acids is 3. The van der Waals surface area contributed by atoms with Crippen LogP contribution in [0.1, 0.15) is 18.4 Å². The van der Waals surface area contributed by atoms with E-state index in [-0.39, 0.29) is 28.8 Å². The van der Waals surface area contributed by atoms with Gasteiger partial charge in [0.25, 0.3) is 11.1 Å². The SMILES string of the molecule is C=C1SC(=O)N(c2ccccc2OCC2CCN(C(=O)OCc3ccccc3)CC2)C1=O. The number of ether oxygens (including phenoxy) is 2. The van der Waals surface area contributed by atoms with Crippen LogP contribution < -0.4 is 9.64 Å². The predicted octanol–water partition coefficient (Wildman–Crippen LogP) is 4.83. The molecule has 0 bridgehead atoms. The minimum atomic E-state index is -0.418. The molecule has 0 unspecified atom stereocenters. The van der Waals surface area contributed by atoms with Crippen molar-refractivity contribution < 1.29 is 23.9 Å². The quantitative estimate of drug-likeness (QED) is 0.585. The Morgan fingerprint density at radius 2 is 1.72 bits per heavy atom. The highest BCUT2D eigenvalue weighted by molar-refractivity contribution is 8.18. The van der Waals surface area contributed by atoms with E-state index in [0.29, 0.717) is 31.1 Å². The van der Waals surface area contributed by atoms with Crippen LogP contribution in [0.5, 0.6) is 5.75 Å². The molecule has 2 fully saturated rings. The number of likely N-dealkylation sites (tertiary alicyclic amines) is 1. The molecule has 0 spiro atoms. The summed E-state index contributed by atoms with van der Waals surface area (Å²) < 4.78 is 11.4. The van der Waals surface area contributed by atoms with Crippen LogP contribution in [-0.4, -0.2) is 41.8 Å². The van der Waals surface area contributed by atoms with Gasteiger partial charge in [-0.15, -0.1) is 0 Å². The summed E-state index contributed by atoms with van der Waals surface area (Å²) in [5, 5.41) is -0.377. The molecule has 32 heavy (non-hydrogen) atoms. The van der Waals surface area contributed by atoms with E-state index in [0.717, 1.165) is 35.1 Å². The molecule has 2 aliphatic rings. The van der Waals surface area contributed by atoms with E-state index in [4.69, 9.17) is 9.47 Å². The van der Waals surface area contributed by atoms with E-state index >= 15 is 0 Å². The van der Waals surface area contributed by atoms with Crippen molar-refractivity contribution in [2.75, 3.05) is 24.6 Å². The van der Waals surface area contributed by atoms with Crippen molar-refractivity contribution >= 4 is 34.7 Å². The minimum absolute atomic E-state index is 0.205. The van der Waals surface area contributed by atoms with E-state index < -0.39 is 5.91 Å². The Kier molecular flexibility index (Phi) is 6.80. The minimum Gasteiger partial charge on any atom is -0.491 e. The first-order valence-electron chi connectivity index (χ1n) is 10.5. The number of carbonyl (C=O) groups is 3. The van der Waals surface area contributed by atoms with Crippen LogP contribution in [0.25, 0.3) is 0 Å². The second kappa shape index (κ2) is 9.91. The number of rotatable bonds is 6. The van der Waals surface area contributed by atoms with Gasteiger partial charge in [0, 0.05) is 13.1 Å². The van der Waals surface area contributed by atoms with Gasteiger partial charge in [-0.1, -0.05) is 49.0 Å². The molecule has 166 valence electrons. The molecule has 4 rings (SSSR count). The highest BCUT2D eigenvalue weighted by atomic mass is 32.2. The van der Waals surface area contributed by atoms with Crippen LogP contribution in [0.4, 0.5) is 15.3 Å². The zero-order valence-electron chi connectivity index (χ0n) is 17.6. The Hall–Kier alpha value is -3.26. The summed E-state index contributed by atoms with van der Waals surface area (Å²) in [6, 6.07) is 16.6. The fourth-order valence-corrected chi connectivity index (χ4v) is 4.34. The van der Waals surface area contributed by atoms with E-state index in [1.807, 2.05) is 30.3 Å². The summed E-state index contributed by atoms with van der Waals surface area (Å²) in [4.78, 5) is 39.9. The van der Waals surface area contributed by atoms with Crippen LogP contribution >= 0.6 is 11.8 Å². The fraction of sp³-hybridized carbons (Fsp3) is 0.292. The molecule has 3 amide bonds. The van der Waals surface area contributed by atoms with Crippen LogP contribution in [0.3, 0.4) is 0 Å². The van der Waals surface area contributed by atoms with Crippen molar-refractivity contribution in [3.8, 4) is 5.75 Å². The summed E-state index contributed by atoms with van der Waals surface area (Å²) in [6.45, 7) is 5.53. The molecular formula is C24H24N2O5S. The standard InChI is InChI=1S/C24H24N2O5S/c1-17-22(27)26(24(29)32-17)20-9-5-6-10-21(20)30-15-19-11-13-25(14-12-19)23(28)31-16-18-7-3-2-4-8-18/h2-10,19H,1,11-16H2. The van der Waals surface area contributed by atoms with E-state index in [2.05, 4.69) is 6.58 Å². The van der Waals surface area contributed by atoms with Crippen molar-refractivity contribution in [2.45, 2.75) is 19.4 Å². The van der Waals surface area contributed by atoms with Crippen LogP contribution in [0, 0.1) is 5.92 Å². The Balaban J connectivity index is 1.28. The van der Waals surface area contributed by atoms with Gasteiger partial charge in [0.2, 0.25) is 0 Å². The van der Waals surface area contributed by atoms with Crippen LogP contribution in [-0.2, 0) is 16.1 Å². The molecule has 2 aromatic carbocycles. The molecule has 0 aromatic heterocycles. The van der Waals surface area contributed by atoms with Crippen molar-refractivity contribution in [1.82, 2.24) is 4.90 Å². The van der Waals surface area contributed by atoms with Gasteiger partial charge in [-0.05, 0) is 48.2 Å². The Morgan fingerprint density at radius 3 is 2.41 bits per heavy atom. The van der Waals surface area contributed by atoms with Gasteiger partial charge in [0.05, 0.1) is 17.2 Å².